The molecule has 0 aromatic rings. The SMILES string of the molecule is CCCCCCCCCC(NC)C1CN2CCCC2CO1. The van der Waals surface area contributed by atoms with Gasteiger partial charge in [0.1, 0.15) is 0 Å². The molecule has 21 heavy (non-hydrogen) atoms. The van der Waals surface area contributed by atoms with Crippen molar-refractivity contribution < 1.29 is 4.74 Å². The van der Waals surface area contributed by atoms with Crippen molar-refractivity contribution >= 4 is 0 Å². The minimum Gasteiger partial charge on any atom is -0.374 e. The van der Waals surface area contributed by atoms with Crippen molar-refractivity contribution in [3.05, 3.63) is 0 Å². The van der Waals surface area contributed by atoms with E-state index in [-0.39, 0.29) is 0 Å². The topological polar surface area (TPSA) is 24.5 Å². The molecular formula is C18H36N2O. The van der Waals surface area contributed by atoms with Crippen LogP contribution in [0, 0.1) is 0 Å². The molecule has 3 unspecified atom stereocenters. The van der Waals surface area contributed by atoms with Gasteiger partial charge < -0.3 is 10.1 Å². The zero-order chi connectivity index (χ0) is 14.9. The highest BCUT2D eigenvalue weighted by Crippen LogP contribution is 2.25. The number of fused-ring (bicyclic) bond motifs is 1. The fraction of sp³-hybridized carbons (Fsp3) is 1.00. The van der Waals surface area contributed by atoms with Gasteiger partial charge in [0.05, 0.1) is 12.7 Å². The first-order chi connectivity index (χ1) is 10.3. The maximum atomic E-state index is 6.15. The fourth-order valence-corrected chi connectivity index (χ4v) is 3.92. The summed E-state index contributed by atoms with van der Waals surface area (Å²) in [5.41, 5.74) is 0. The van der Waals surface area contributed by atoms with Gasteiger partial charge in [0.25, 0.3) is 0 Å². The third-order valence-electron chi connectivity index (χ3n) is 5.35. The van der Waals surface area contributed by atoms with Crippen LogP contribution in [0.25, 0.3) is 0 Å². The molecule has 3 heteroatoms. The summed E-state index contributed by atoms with van der Waals surface area (Å²) in [7, 11) is 2.10. The molecule has 2 saturated heterocycles. The molecule has 0 aliphatic carbocycles. The van der Waals surface area contributed by atoms with Crippen LogP contribution in [0.5, 0.6) is 0 Å². The van der Waals surface area contributed by atoms with E-state index in [2.05, 4.69) is 24.2 Å². The zero-order valence-electron chi connectivity index (χ0n) is 14.3. The van der Waals surface area contributed by atoms with Crippen molar-refractivity contribution in [2.75, 3.05) is 26.7 Å². The lowest BCUT2D eigenvalue weighted by Gasteiger charge is -2.38. The van der Waals surface area contributed by atoms with Gasteiger partial charge in [-0.25, -0.2) is 0 Å². The van der Waals surface area contributed by atoms with Crippen molar-refractivity contribution in [3.8, 4) is 0 Å². The van der Waals surface area contributed by atoms with Crippen molar-refractivity contribution in [2.24, 2.45) is 0 Å². The predicted octanol–water partition coefficient (Wildman–Crippen LogP) is 3.58. The average molecular weight is 296 g/mol. The van der Waals surface area contributed by atoms with Gasteiger partial charge in [-0.15, -0.1) is 0 Å². The lowest BCUT2D eigenvalue weighted by Crippen LogP contribution is -2.53. The smallest absolute Gasteiger partial charge is 0.0855 e. The molecule has 124 valence electrons. The highest BCUT2D eigenvalue weighted by Gasteiger charge is 2.34. The van der Waals surface area contributed by atoms with Gasteiger partial charge in [-0.05, 0) is 32.9 Å². The van der Waals surface area contributed by atoms with E-state index < -0.39 is 0 Å². The molecule has 2 heterocycles. The van der Waals surface area contributed by atoms with E-state index in [1.165, 1.54) is 70.8 Å². The first-order valence-electron chi connectivity index (χ1n) is 9.38. The maximum absolute atomic E-state index is 6.15. The molecule has 2 aliphatic rings. The summed E-state index contributed by atoms with van der Waals surface area (Å²) in [6, 6.07) is 1.26. The van der Waals surface area contributed by atoms with Gasteiger partial charge in [0.15, 0.2) is 0 Å². The fourth-order valence-electron chi connectivity index (χ4n) is 3.92. The van der Waals surface area contributed by atoms with E-state index in [0.717, 1.165) is 19.2 Å². The van der Waals surface area contributed by atoms with Gasteiger partial charge in [-0.2, -0.15) is 0 Å². The highest BCUT2D eigenvalue weighted by molar-refractivity contribution is 4.89. The summed E-state index contributed by atoms with van der Waals surface area (Å²) in [5, 5.41) is 3.51. The molecule has 0 spiro atoms. The number of morpholine rings is 1. The minimum atomic E-state index is 0.407. The summed E-state index contributed by atoms with van der Waals surface area (Å²) in [6.07, 6.45) is 14.1. The average Bonchev–Trinajstić information content (AvgIpc) is 2.97. The number of ether oxygens (including phenoxy) is 1. The quantitative estimate of drug-likeness (QED) is 0.624. The number of nitrogens with zero attached hydrogens (tertiary/aromatic N) is 1. The van der Waals surface area contributed by atoms with Crippen LogP contribution in [0.2, 0.25) is 0 Å². The molecule has 3 atom stereocenters. The Labute approximate surface area is 131 Å². The number of hydrogen-bond donors (Lipinski definition) is 1. The van der Waals surface area contributed by atoms with E-state index in [0.29, 0.717) is 12.1 Å². The summed E-state index contributed by atoms with van der Waals surface area (Å²) >= 11 is 0. The van der Waals surface area contributed by atoms with Gasteiger partial charge in [0, 0.05) is 18.6 Å². The second-order valence-corrected chi connectivity index (χ2v) is 6.97. The van der Waals surface area contributed by atoms with Gasteiger partial charge in [-0.3, -0.25) is 4.90 Å². The van der Waals surface area contributed by atoms with E-state index >= 15 is 0 Å². The molecule has 0 aromatic heterocycles. The second kappa shape index (κ2) is 9.81. The maximum Gasteiger partial charge on any atom is 0.0855 e. The Bertz CT molecular complexity index is 272. The highest BCUT2D eigenvalue weighted by atomic mass is 16.5. The Morgan fingerprint density at radius 3 is 2.67 bits per heavy atom. The predicted molar refractivity (Wildman–Crippen MR) is 89.8 cm³/mol. The zero-order valence-corrected chi connectivity index (χ0v) is 14.3. The Morgan fingerprint density at radius 1 is 1.14 bits per heavy atom. The second-order valence-electron chi connectivity index (χ2n) is 6.97. The Kier molecular flexibility index (Phi) is 8.05. The summed E-state index contributed by atoms with van der Waals surface area (Å²) < 4.78 is 6.15. The van der Waals surface area contributed by atoms with Crippen LogP contribution in [0.4, 0.5) is 0 Å². The van der Waals surface area contributed by atoms with Crippen LogP contribution in [0.15, 0.2) is 0 Å². The number of unbranched alkanes of at least 4 members (excludes halogenated alkanes) is 6. The lowest BCUT2D eigenvalue weighted by molar-refractivity contribution is -0.0648. The van der Waals surface area contributed by atoms with Gasteiger partial charge in [0.2, 0.25) is 0 Å². The van der Waals surface area contributed by atoms with Crippen LogP contribution in [0.1, 0.15) is 71.1 Å². The van der Waals surface area contributed by atoms with Gasteiger partial charge >= 0.3 is 0 Å². The largest absolute Gasteiger partial charge is 0.374 e. The van der Waals surface area contributed by atoms with E-state index in [4.69, 9.17) is 4.74 Å². The normalized spacial score (nSPS) is 27.7. The summed E-state index contributed by atoms with van der Waals surface area (Å²) in [5.74, 6) is 0. The first-order valence-corrected chi connectivity index (χ1v) is 9.38. The number of likely N-dealkylation sites (N-methyl/N-ethyl adjacent to an activating group) is 1. The summed E-state index contributed by atoms with van der Waals surface area (Å²) in [6.45, 7) is 5.68. The molecule has 2 rings (SSSR count). The number of nitrogens with one attached hydrogen (secondary N) is 1. The van der Waals surface area contributed by atoms with Crippen LogP contribution >= 0.6 is 0 Å². The third-order valence-corrected chi connectivity index (χ3v) is 5.35. The molecule has 3 nitrogen and oxygen atoms in total. The van der Waals surface area contributed by atoms with E-state index in [1.807, 2.05) is 0 Å². The van der Waals surface area contributed by atoms with E-state index in [1.54, 1.807) is 0 Å². The van der Waals surface area contributed by atoms with Crippen molar-refractivity contribution in [1.82, 2.24) is 10.2 Å². The first kappa shape index (κ1) is 17.2. The number of hydrogen-bond acceptors (Lipinski definition) is 3. The molecule has 2 fully saturated rings. The van der Waals surface area contributed by atoms with E-state index in [9.17, 15) is 0 Å². The molecule has 0 bridgehead atoms. The molecule has 0 saturated carbocycles. The molecule has 0 aromatic carbocycles. The standard InChI is InChI=1S/C18H36N2O/c1-3-4-5-6-7-8-9-12-17(19-2)18-14-20-13-10-11-16(20)15-21-18/h16-19H,3-15H2,1-2H3. The van der Waals surface area contributed by atoms with Crippen LogP contribution in [-0.4, -0.2) is 49.8 Å². The lowest BCUT2D eigenvalue weighted by atomic mass is 10.00. The Balaban J connectivity index is 1.59. The van der Waals surface area contributed by atoms with Gasteiger partial charge in [-0.1, -0.05) is 51.9 Å². The Morgan fingerprint density at radius 2 is 1.90 bits per heavy atom. The molecule has 2 aliphatic heterocycles. The monoisotopic (exact) mass is 296 g/mol. The van der Waals surface area contributed by atoms with Crippen LogP contribution in [0.3, 0.4) is 0 Å². The van der Waals surface area contributed by atoms with Crippen molar-refractivity contribution in [2.45, 2.75) is 89.3 Å². The van der Waals surface area contributed by atoms with Crippen LogP contribution < -0.4 is 5.32 Å². The summed E-state index contributed by atoms with van der Waals surface area (Å²) in [4.78, 5) is 2.66. The van der Waals surface area contributed by atoms with Crippen LogP contribution in [-0.2, 0) is 4.74 Å². The third kappa shape index (κ3) is 5.54. The minimum absolute atomic E-state index is 0.407. The molecule has 0 radical (unpaired) electrons. The number of rotatable bonds is 10. The Hall–Kier alpha value is -0.120. The van der Waals surface area contributed by atoms with Crippen molar-refractivity contribution in [3.63, 3.8) is 0 Å². The molecular weight excluding hydrogens is 260 g/mol. The van der Waals surface area contributed by atoms with Crippen molar-refractivity contribution in [1.29, 1.82) is 0 Å². The molecule has 1 N–H and O–H groups in total. The molecule has 0 amide bonds.